The minimum atomic E-state index is -0.469. The van der Waals surface area contributed by atoms with Crippen molar-refractivity contribution in [3.05, 3.63) is 59.4 Å². The third-order valence-corrected chi connectivity index (χ3v) is 4.86. The van der Waals surface area contributed by atoms with Crippen molar-refractivity contribution in [3.8, 4) is 5.69 Å². The molecule has 6 heteroatoms. The maximum absolute atomic E-state index is 12.4. The van der Waals surface area contributed by atoms with E-state index in [1.165, 1.54) is 19.8 Å². The Bertz CT molecular complexity index is 957. The summed E-state index contributed by atoms with van der Waals surface area (Å²) in [4.78, 5) is 17.1. The highest BCUT2D eigenvalue weighted by Crippen LogP contribution is 2.24. The second-order valence-electron chi connectivity index (χ2n) is 7.06. The Labute approximate surface area is 165 Å². The maximum Gasteiger partial charge on any atom is 0.251 e. The van der Waals surface area contributed by atoms with Gasteiger partial charge in [-0.1, -0.05) is 26.0 Å². The second kappa shape index (κ2) is 8.54. The van der Waals surface area contributed by atoms with Crippen LogP contribution in [0.3, 0.4) is 0 Å². The summed E-state index contributed by atoms with van der Waals surface area (Å²) in [6.45, 7) is 6.61. The fraction of sp³-hybridized carbons (Fsp3) is 0.364. The zero-order valence-corrected chi connectivity index (χ0v) is 17.0. The van der Waals surface area contributed by atoms with Crippen LogP contribution in [0.5, 0.6) is 0 Å². The van der Waals surface area contributed by atoms with Crippen molar-refractivity contribution in [2.45, 2.75) is 33.0 Å². The van der Waals surface area contributed by atoms with Crippen LogP contribution in [0.15, 0.2) is 42.5 Å². The quantitative estimate of drug-likeness (QED) is 0.632. The average molecular weight is 381 g/mol. The summed E-state index contributed by atoms with van der Waals surface area (Å²) in [6, 6.07) is 14.1. The van der Waals surface area contributed by atoms with Crippen molar-refractivity contribution < 1.29 is 14.3 Å². The number of ether oxygens (including phenoxy) is 2. The van der Waals surface area contributed by atoms with Crippen LogP contribution in [0.2, 0.25) is 0 Å². The Hall–Kier alpha value is -2.70. The summed E-state index contributed by atoms with van der Waals surface area (Å²) in [7, 11) is 3.07. The van der Waals surface area contributed by atoms with Gasteiger partial charge in [-0.25, -0.2) is 4.98 Å². The first-order valence-corrected chi connectivity index (χ1v) is 9.37. The molecule has 0 bridgehead atoms. The summed E-state index contributed by atoms with van der Waals surface area (Å²) in [6.07, 6.45) is -0.469. The number of fused-ring (bicyclic) bond motifs is 1. The first-order chi connectivity index (χ1) is 13.4. The second-order valence-corrected chi connectivity index (χ2v) is 7.06. The molecule has 1 aromatic heterocycles. The molecule has 0 saturated heterocycles. The molecule has 0 saturated carbocycles. The van der Waals surface area contributed by atoms with E-state index in [1.807, 2.05) is 25.1 Å². The monoisotopic (exact) mass is 381 g/mol. The lowest BCUT2D eigenvalue weighted by molar-refractivity contribution is -0.0974. The Morgan fingerprint density at radius 2 is 1.79 bits per heavy atom. The number of rotatable bonds is 7. The number of carbonyl (C=O) groups excluding carboxylic acids is 1. The van der Waals surface area contributed by atoms with Crippen LogP contribution in [-0.2, 0) is 9.47 Å². The molecule has 3 rings (SSSR count). The van der Waals surface area contributed by atoms with Crippen LogP contribution in [0.25, 0.3) is 16.7 Å². The summed E-state index contributed by atoms with van der Waals surface area (Å²) in [5.41, 5.74) is 4.67. The molecule has 1 N–H and O–H groups in total. The standard InChI is InChI=1S/C22H27N3O3/c1-14(2)16-6-9-18(10-7-16)25-15(3)24-19-12-17(8-11-20(19)25)22(26)23-13-21(27-4)28-5/h6-12,14,21H,13H2,1-5H3,(H,23,26). The number of nitrogens with zero attached hydrogens (tertiary/aromatic N) is 2. The Balaban J connectivity index is 1.87. The molecule has 0 aliphatic heterocycles. The molecule has 148 valence electrons. The fourth-order valence-corrected chi connectivity index (χ4v) is 3.22. The normalized spacial score (nSPS) is 11.5. The molecule has 28 heavy (non-hydrogen) atoms. The molecule has 0 fully saturated rings. The van der Waals surface area contributed by atoms with Gasteiger partial charge in [-0.05, 0) is 48.7 Å². The van der Waals surface area contributed by atoms with Gasteiger partial charge in [0.2, 0.25) is 0 Å². The third kappa shape index (κ3) is 4.08. The zero-order valence-electron chi connectivity index (χ0n) is 17.0. The molecule has 3 aromatic rings. The van der Waals surface area contributed by atoms with Crippen LogP contribution >= 0.6 is 0 Å². The molecule has 1 heterocycles. The number of nitrogens with one attached hydrogen (secondary N) is 1. The van der Waals surface area contributed by atoms with E-state index in [0.29, 0.717) is 11.5 Å². The fourth-order valence-electron chi connectivity index (χ4n) is 3.22. The molecular weight excluding hydrogens is 354 g/mol. The number of imidazole rings is 1. The van der Waals surface area contributed by atoms with Crippen molar-refractivity contribution in [3.63, 3.8) is 0 Å². The molecule has 0 aliphatic carbocycles. The van der Waals surface area contributed by atoms with E-state index in [9.17, 15) is 4.79 Å². The van der Waals surface area contributed by atoms with E-state index in [-0.39, 0.29) is 12.5 Å². The maximum atomic E-state index is 12.4. The van der Waals surface area contributed by atoms with Gasteiger partial charge in [-0.15, -0.1) is 0 Å². The molecule has 0 radical (unpaired) electrons. The van der Waals surface area contributed by atoms with Crippen LogP contribution in [0.4, 0.5) is 0 Å². The number of benzene rings is 2. The van der Waals surface area contributed by atoms with Crippen molar-refractivity contribution in [2.24, 2.45) is 0 Å². The largest absolute Gasteiger partial charge is 0.354 e. The van der Waals surface area contributed by atoms with Crippen molar-refractivity contribution >= 4 is 16.9 Å². The number of methoxy groups -OCH3 is 2. The zero-order chi connectivity index (χ0) is 20.3. The van der Waals surface area contributed by atoms with E-state index in [1.54, 1.807) is 0 Å². The topological polar surface area (TPSA) is 65.4 Å². The van der Waals surface area contributed by atoms with Crippen LogP contribution in [0, 0.1) is 6.92 Å². The van der Waals surface area contributed by atoms with Crippen LogP contribution < -0.4 is 5.32 Å². The van der Waals surface area contributed by atoms with E-state index in [0.717, 1.165) is 22.5 Å². The highest BCUT2D eigenvalue weighted by atomic mass is 16.7. The molecule has 0 aliphatic rings. The lowest BCUT2D eigenvalue weighted by Crippen LogP contribution is -2.34. The van der Waals surface area contributed by atoms with Gasteiger partial charge < -0.3 is 14.8 Å². The summed E-state index contributed by atoms with van der Waals surface area (Å²) in [5.74, 6) is 1.18. The van der Waals surface area contributed by atoms with Crippen LogP contribution in [-0.4, -0.2) is 42.5 Å². The molecule has 0 atom stereocenters. The van der Waals surface area contributed by atoms with Gasteiger partial charge in [0, 0.05) is 25.5 Å². The van der Waals surface area contributed by atoms with Crippen LogP contribution in [0.1, 0.15) is 41.5 Å². The highest BCUT2D eigenvalue weighted by Gasteiger charge is 2.14. The summed E-state index contributed by atoms with van der Waals surface area (Å²) in [5, 5.41) is 2.81. The summed E-state index contributed by atoms with van der Waals surface area (Å²) >= 11 is 0. The number of amides is 1. The minimum Gasteiger partial charge on any atom is -0.354 e. The number of hydrogen-bond donors (Lipinski definition) is 1. The minimum absolute atomic E-state index is 0.186. The SMILES string of the molecule is COC(CNC(=O)c1ccc2c(c1)nc(C)n2-c1ccc(C(C)C)cc1)OC. The van der Waals surface area contributed by atoms with E-state index in [4.69, 9.17) is 9.47 Å². The Kier molecular flexibility index (Phi) is 6.11. The van der Waals surface area contributed by atoms with E-state index >= 15 is 0 Å². The van der Waals surface area contributed by atoms with Gasteiger partial charge in [-0.3, -0.25) is 9.36 Å². The number of hydrogen-bond acceptors (Lipinski definition) is 4. The smallest absolute Gasteiger partial charge is 0.251 e. The van der Waals surface area contributed by atoms with Gasteiger partial charge in [0.05, 0.1) is 17.6 Å². The third-order valence-electron chi connectivity index (χ3n) is 4.86. The summed E-state index contributed by atoms with van der Waals surface area (Å²) < 4.78 is 12.3. The average Bonchev–Trinajstić information content (AvgIpc) is 3.03. The van der Waals surface area contributed by atoms with E-state index < -0.39 is 6.29 Å². The number of aryl methyl sites for hydroxylation is 1. The van der Waals surface area contributed by atoms with Gasteiger partial charge in [0.15, 0.2) is 6.29 Å². The van der Waals surface area contributed by atoms with Gasteiger partial charge >= 0.3 is 0 Å². The lowest BCUT2D eigenvalue weighted by atomic mass is 10.0. The molecule has 0 unspecified atom stereocenters. The number of aromatic nitrogens is 2. The molecule has 1 amide bonds. The van der Waals surface area contributed by atoms with E-state index in [2.05, 4.69) is 53.0 Å². The molecule has 6 nitrogen and oxygen atoms in total. The Morgan fingerprint density at radius 3 is 2.39 bits per heavy atom. The highest BCUT2D eigenvalue weighted by molar-refractivity contribution is 5.97. The van der Waals surface area contributed by atoms with Crippen molar-refractivity contribution in [1.82, 2.24) is 14.9 Å². The molecule has 2 aromatic carbocycles. The first kappa shape index (κ1) is 20.0. The number of carbonyl (C=O) groups is 1. The lowest BCUT2D eigenvalue weighted by Gasteiger charge is -2.14. The molecular formula is C22H27N3O3. The van der Waals surface area contributed by atoms with Gasteiger partial charge in [0.25, 0.3) is 5.91 Å². The Morgan fingerprint density at radius 1 is 1.11 bits per heavy atom. The first-order valence-electron chi connectivity index (χ1n) is 9.37. The van der Waals surface area contributed by atoms with Gasteiger partial charge in [0.1, 0.15) is 5.82 Å². The van der Waals surface area contributed by atoms with Gasteiger partial charge in [-0.2, -0.15) is 0 Å². The van der Waals surface area contributed by atoms with Crippen molar-refractivity contribution in [2.75, 3.05) is 20.8 Å². The predicted octanol–water partition coefficient (Wildman–Crippen LogP) is 3.81. The van der Waals surface area contributed by atoms with Crippen molar-refractivity contribution in [1.29, 1.82) is 0 Å². The molecule has 0 spiro atoms. The predicted molar refractivity (Wildman–Crippen MR) is 110 cm³/mol.